The first-order valence-electron chi connectivity index (χ1n) is 9.10. The molecule has 1 amide bonds. The number of benzene rings is 2. The molecule has 0 bridgehead atoms. The van der Waals surface area contributed by atoms with Crippen LogP contribution >= 0.6 is 0 Å². The van der Waals surface area contributed by atoms with Gasteiger partial charge in [0, 0.05) is 24.2 Å². The van der Waals surface area contributed by atoms with Gasteiger partial charge >= 0.3 is 0 Å². The molecule has 146 valence electrons. The number of rotatable bonds is 6. The van der Waals surface area contributed by atoms with Gasteiger partial charge in [-0.05, 0) is 43.3 Å². The van der Waals surface area contributed by atoms with Gasteiger partial charge in [-0.2, -0.15) is 0 Å². The molecule has 0 fully saturated rings. The Bertz CT molecular complexity index is 1120. The summed E-state index contributed by atoms with van der Waals surface area (Å²) in [5.74, 6) is 1.52. The molecule has 0 aliphatic carbocycles. The minimum Gasteiger partial charge on any atom is -0.495 e. The van der Waals surface area contributed by atoms with Crippen molar-refractivity contribution in [3.8, 4) is 22.8 Å². The normalized spacial score (nSPS) is 10.7. The molecule has 2 aromatic carbocycles. The van der Waals surface area contributed by atoms with Gasteiger partial charge in [-0.1, -0.05) is 17.7 Å². The molecule has 4 rings (SSSR count). The van der Waals surface area contributed by atoms with E-state index in [2.05, 4.69) is 15.3 Å². The molecule has 0 unspecified atom stereocenters. The number of aryl methyl sites for hydroxylation is 1. The van der Waals surface area contributed by atoms with Gasteiger partial charge in [-0.25, -0.2) is 9.97 Å². The van der Waals surface area contributed by atoms with E-state index in [0.29, 0.717) is 23.0 Å². The van der Waals surface area contributed by atoms with Crippen molar-refractivity contribution in [1.82, 2.24) is 14.4 Å². The van der Waals surface area contributed by atoms with Crippen LogP contribution in [0.1, 0.15) is 5.56 Å². The van der Waals surface area contributed by atoms with Crippen LogP contribution in [0.15, 0.2) is 67.1 Å². The second-order valence-corrected chi connectivity index (χ2v) is 6.52. The molecule has 4 aromatic rings. The molecule has 2 heterocycles. The third-order valence-corrected chi connectivity index (χ3v) is 4.40. The third kappa shape index (κ3) is 4.19. The first-order chi connectivity index (χ1) is 14.1. The summed E-state index contributed by atoms with van der Waals surface area (Å²) >= 11 is 0. The number of ether oxygens (including phenoxy) is 2. The Labute approximate surface area is 168 Å². The fraction of sp³-hybridized carbons (Fsp3) is 0.136. The lowest BCUT2D eigenvalue weighted by atomic mass is 10.1. The predicted octanol–water partition coefficient (Wildman–Crippen LogP) is 3.73. The highest BCUT2D eigenvalue weighted by molar-refractivity contribution is 5.94. The molecule has 0 spiro atoms. The zero-order valence-corrected chi connectivity index (χ0v) is 16.1. The number of nitrogens with zero attached hydrogens (tertiary/aromatic N) is 3. The SMILES string of the molecule is COc1ccc(-c2cn3cccnc3n2)cc1NC(=O)COc1ccc(C)cc1. The van der Waals surface area contributed by atoms with Crippen LogP contribution in [0, 0.1) is 6.92 Å². The van der Waals surface area contributed by atoms with Crippen LogP contribution in [0.3, 0.4) is 0 Å². The average Bonchev–Trinajstić information content (AvgIpc) is 3.17. The minimum atomic E-state index is -0.280. The largest absolute Gasteiger partial charge is 0.495 e. The Kier molecular flexibility index (Phi) is 5.11. The van der Waals surface area contributed by atoms with Crippen LogP contribution in [0.4, 0.5) is 5.69 Å². The highest BCUT2D eigenvalue weighted by Gasteiger charge is 2.12. The summed E-state index contributed by atoms with van der Waals surface area (Å²) in [5, 5.41) is 2.85. The van der Waals surface area contributed by atoms with Gasteiger partial charge in [-0.3, -0.25) is 9.20 Å². The monoisotopic (exact) mass is 388 g/mol. The molecule has 7 nitrogen and oxygen atoms in total. The third-order valence-electron chi connectivity index (χ3n) is 4.40. The lowest BCUT2D eigenvalue weighted by molar-refractivity contribution is -0.118. The van der Waals surface area contributed by atoms with E-state index in [1.807, 2.05) is 66.2 Å². The quantitative estimate of drug-likeness (QED) is 0.545. The summed E-state index contributed by atoms with van der Waals surface area (Å²) in [7, 11) is 1.56. The van der Waals surface area contributed by atoms with Crippen molar-refractivity contribution in [3.05, 3.63) is 72.7 Å². The number of hydrogen-bond acceptors (Lipinski definition) is 5. The Balaban J connectivity index is 1.51. The van der Waals surface area contributed by atoms with E-state index in [1.165, 1.54) is 0 Å². The smallest absolute Gasteiger partial charge is 0.262 e. The highest BCUT2D eigenvalue weighted by Crippen LogP contribution is 2.30. The van der Waals surface area contributed by atoms with Crippen LogP contribution in [-0.2, 0) is 4.79 Å². The fourth-order valence-electron chi connectivity index (χ4n) is 2.90. The maximum atomic E-state index is 12.4. The standard InChI is InChI=1S/C22H20N4O3/c1-15-4-7-17(8-5-15)29-14-21(27)24-18-12-16(6-9-20(18)28-2)19-13-26-11-3-10-23-22(26)25-19/h3-13H,14H2,1-2H3,(H,24,27). The Morgan fingerprint density at radius 1 is 1.17 bits per heavy atom. The van der Waals surface area contributed by atoms with Crippen molar-refractivity contribution in [2.45, 2.75) is 6.92 Å². The molecule has 0 aliphatic rings. The van der Waals surface area contributed by atoms with Crippen molar-refractivity contribution < 1.29 is 14.3 Å². The van der Waals surface area contributed by atoms with E-state index in [1.54, 1.807) is 19.4 Å². The molecule has 0 atom stereocenters. The van der Waals surface area contributed by atoms with E-state index in [-0.39, 0.29) is 12.5 Å². The predicted molar refractivity (Wildman–Crippen MR) is 110 cm³/mol. The molecular formula is C22H20N4O3. The van der Waals surface area contributed by atoms with Crippen molar-refractivity contribution in [1.29, 1.82) is 0 Å². The van der Waals surface area contributed by atoms with Crippen molar-refractivity contribution >= 4 is 17.4 Å². The molecule has 0 aliphatic heterocycles. The second-order valence-electron chi connectivity index (χ2n) is 6.52. The lowest BCUT2D eigenvalue weighted by Crippen LogP contribution is -2.20. The average molecular weight is 388 g/mol. The zero-order chi connectivity index (χ0) is 20.2. The molecular weight excluding hydrogens is 368 g/mol. The summed E-state index contributed by atoms with van der Waals surface area (Å²) in [4.78, 5) is 21.1. The second kappa shape index (κ2) is 8.02. The summed E-state index contributed by atoms with van der Waals surface area (Å²) in [6, 6.07) is 14.9. The number of fused-ring (bicyclic) bond motifs is 1. The number of nitrogens with one attached hydrogen (secondary N) is 1. The maximum Gasteiger partial charge on any atom is 0.262 e. The van der Waals surface area contributed by atoms with Gasteiger partial charge in [-0.15, -0.1) is 0 Å². The number of hydrogen-bond donors (Lipinski definition) is 1. The molecule has 29 heavy (non-hydrogen) atoms. The number of aromatic nitrogens is 3. The van der Waals surface area contributed by atoms with E-state index >= 15 is 0 Å². The number of carbonyl (C=O) groups excluding carboxylic acids is 1. The van der Waals surface area contributed by atoms with Crippen LogP contribution < -0.4 is 14.8 Å². The maximum absolute atomic E-state index is 12.4. The van der Waals surface area contributed by atoms with E-state index in [0.717, 1.165) is 16.8 Å². The number of methoxy groups -OCH3 is 1. The fourth-order valence-corrected chi connectivity index (χ4v) is 2.90. The van der Waals surface area contributed by atoms with E-state index < -0.39 is 0 Å². The molecule has 7 heteroatoms. The van der Waals surface area contributed by atoms with Gasteiger partial charge in [0.25, 0.3) is 5.91 Å². The van der Waals surface area contributed by atoms with Gasteiger partial charge in [0.2, 0.25) is 5.78 Å². The van der Waals surface area contributed by atoms with Crippen molar-refractivity contribution in [2.24, 2.45) is 0 Å². The topological polar surface area (TPSA) is 77.8 Å². The van der Waals surface area contributed by atoms with Crippen molar-refractivity contribution in [3.63, 3.8) is 0 Å². The van der Waals surface area contributed by atoms with Gasteiger partial charge in [0.15, 0.2) is 6.61 Å². The molecule has 0 radical (unpaired) electrons. The van der Waals surface area contributed by atoms with Crippen LogP contribution in [-0.4, -0.2) is 34.0 Å². The van der Waals surface area contributed by atoms with E-state index in [4.69, 9.17) is 9.47 Å². The summed E-state index contributed by atoms with van der Waals surface area (Å²) in [6.07, 6.45) is 5.46. The minimum absolute atomic E-state index is 0.102. The van der Waals surface area contributed by atoms with Gasteiger partial charge in [0.05, 0.1) is 18.5 Å². The van der Waals surface area contributed by atoms with Gasteiger partial charge < -0.3 is 14.8 Å². The number of carbonyl (C=O) groups is 1. The number of anilines is 1. The highest BCUT2D eigenvalue weighted by atomic mass is 16.5. The van der Waals surface area contributed by atoms with Crippen LogP contribution in [0.25, 0.3) is 17.0 Å². The van der Waals surface area contributed by atoms with Crippen LogP contribution in [0.5, 0.6) is 11.5 Å². The van der Waals surface area contributed by atoms with Gasteiger partial charge in [0.1, 0.15) is 11.5 Å². The Hall–Kier alpha value is -3.87. The number of imidazole rings is 1. The zero-order valence-electron chi connectivity index (χ0n) is 16.1. The molecule has 1 N–H and O–H groups in total. The Morgan fingerprint density at radius 3 is 2.76 bits per heavy atom. The molecule has 0 saturated heterocycles. The van der Waals surface area contributed by atoms with Crippen LogP contribution in [0.2, 0.25) is 0 Å². The summed E-state index contributed by atoms with van der Waals surface area (Å²) in [6.45, 7) is 1.89. The summed E-state index contributed by atoms with van der Waals surface area (Å²) < 4.78 is 12.8. The summed E-state index contributed by atoms with van der Waals surface area (Å²) in [5.41, 5.74) is 3.27. The Morgan fingerprint density at radius 2 is 2.00 bits per heavy atom. The number of amides is 1. The first kappa shape index (κ1) is 18.5. The molecule has 2 aromatic heterocycles. The molecule has 0 saturated carbocycles. The lowest BCUT2D eigenvalue weighted by Gasteiger charge is -2.12. The van der Waals surface area contributed by atoms with E-state index in [9.17, 15) is 4.79 Å². The first-order valence-corrected chi connectivity index (χ1v) is 9.10. The van der Waals surface area contributed by atoms with Crippen molar-refractivity contribution in [2.75, 3.05) is 19.0 Å².